The topological polar surface area (TPSA) is 115 Å². The number of carboxylic acid groups (broad SMARTS) is 3. The van der Waals surface area contributed by atoms with Gasteiger partial charge < -0.3 is 24.6 Å². The molecule has 0 amide bonds. The summed E-state index contributed by atoms with van der Waals surface area (Å²) < 4.78 is 0.223. The summed E-state index contributed by atoms with van der Waals surface area (Å²) in [4.78, 5) is 33.2. The predicted octanol–water partition coefficient (Wildman–Crippen LogP) is 4.93. The van der Waals surface area contributed by atoms with Crippen molar-refractivity contribution in [3.05, 3.63) is 12.7 Å². The average Bonchev–Trinajstić information content (AvgIpc) is 2.79. The Labute approximate surface area is 206 Å². The van der Waals surface area contributed by atoms with Gasteiger partial charge >= 0.3 is 11.9 Å². The molecular formula is C27H49NO6. The summed E-state index contributed by atoms with van der Waals surface area (Å²) in [5.74, 6) is -3.08. The van der Waals surface area contributed by atoms with E-state index in [-0.39, 0.29) is 43.4 Å². The lowest BCUT2D eigenvalue weighted by molar-refractivity contribution is -0.927. The largest absolute Gasteiger partial charge is 0.550 e. The van der Waals surface area contributed by atoms with E-state index >= 15 is 0 Å². The fraction of sp³-hybridized carbons (Fsp3) is 0.815. The summed E-state index contributed by atoms with van der Waals surface area (Å²) >= 11 is 0. The van der Waals surface area contributed by atoms with Crippen molar-refractivity contribution in [3.63, 3.8) is 0 Å². The van der Waals surface area contributed by atoms with Crippen molar-refractivity contribution in [1.29, 1.82) is 0 Å². The third-order valence-electron chi connectivity index (χ3n) is 6.68. The molecule has 0 spiro atoms. The molecule has 0 saturated heterocycles. The van der Waals surface area contributed by atoms with Crippen LogP contribution in [-0.2, 0) is 14.4 Å². The lowest BCUT2D eigenvalue weighted by Gasteiger charge is -2.38. The number of hydrogen-bond donors (Lipinski definition) is 2. The van der Waals surface area contributed by atoms with Gasteiger partial charge in [-0.3, -0.25) is 9.59 Å². The Morgan fingerprint density at radius 3 is 1.29 bits per heavy atom. The minimum absolute atomic E-state index is 0.0953. The molecule has 7 heteroatoms. The average molecular weight is 484 g/mol. The van der Waals surface area contributed by atoms with Crippen LogP contribution in [0.2, 0.25) is 0 Å². The van der Waals surface area contributed by atoms with E-state index in [2.05, 4.69) is 6.58 Å². The van der Waals surface area contributed by atoms with Crippen LogP contribution in [0.4, 0.5) is 0 Å². The quantitative estimate of drug-likeness (QED) is 0.102. The van der Waals surface area contributed by atoms with Crippen molar-refractivity contribution in [2.24, 2.45) is 0 Å². The van der Waals surface area contributed by atoms with E-state index in [1.807, 2.05) is 6.08 Å². The van der Waals surface area contributed by atoms with Crippen LogP contribution in [0.25, 0.3) is 0 Å². The van der Waals surface area contributed by atoms with Gasteiger partial charge in [-0.25, -0.2) is 0 Å². The van der Waals surface area contributed by atoms with Crippen LogP contribution in [0.5, 0.6) is 0 Å². The standard InChI is InChI=1S/C27H49NO6/c1-2-3-4-5-6-7-8-9-10-11-12-13-14-15-16-17-21-28(22-18-25(29)30,23-19-26(31)32)24-20-27(33)34/h2H,1,3-24H2,(H2-,29,30,31,32,33,34). The number of hydrogen-bond acceptors (Lipinski definition) is 4. The molecule has 0 radical (unpaired) electrons. The predicted molar refractivity (Wildman–Crippen MR) is 133 cm³/mol. The zero-order valence-electron chi connectivity index (χ0n) is 21.3. The summed E-state index contributed by atoms with van der Waals surface area (Å²) in [5.41, 5.74) is 0. The van der Waals surface area contributed by atoms with Crippen LogP contribution in [0.1, 0.15) is 116 Å². The van der Waals surface area contributed by atoms with Gasteiger partial charge in [0.15, 0.2) is 0 Å². The van der Waals surface area contributed by atoms with Crippen molar-refractivity contribution in [2.45, 2.75) is 116 Å². The fourth-order valence-corrected chi connectivity index (χ4v) is 4.52. The second kappa shape index (κ2) is 21.6. The molecule has 0 aliphatic heterocycles. The maximum atomic E-state index is 11.1. The van der Waals surface area contributed by atoms with E-state index in [1.165, 1.54) is 70.6 Å². The number of carbonyl (C=O) groups is 3. The number of carbonyl (C=O) groups excluding carboxylic acids is 1. The monoisotopic (exact) mass is 483 g/mol. The molecule has 7 nitrogen and oxygen atoms in total. The molecule has 0 aromatic rings. The molecule has 0 bridgehead atoms. The minimum Gasteiger partial charge on any atom is -0.550 e. The third kappa shape index (κ3) is 20.7. The van der Waals surface area contributed by atoms with Crippen molar-refractivity contribution < 1.29 is 34.2 Å². The first-order chi connectivity index (χ1) is 16.3. The van der Waals surface area contributed by atoms with Crippen LogP contribution in [0, 0.1) is 0 Å². The van der Waals surface area contributed by atoms with Crippen LogP contribution in [-0.4, -0.2) is 58.8 Å². The highest BCUT2D eigenvalue weighted by molar-refractivity contribution is 5.67. The molecule has 0 saturated carbocycles. The highest BCUT2D eigenvalue weighted by atomic mass is 16.4. The van der Waals surface area contributed by atoms with Crippen molar-refractivity contribution >= 4 is 17.9 Å². The summed E-state index contributed by atoms with van der Waals surface area (Å²) in [6, 6.07) is 0. The Bertz CT molecular complexity index is 518. The zero-order valence-corrected chi connectivity index (χ0v) is 21.3. The zero-order chi connectivity index (χ0) is 25.5. The summed E-state index contributed by atoms with van der Waals surface area (Å²) in [6.07, 6.45) is 19.9. The Balaban J connectivity index is 4.04. The molecule has 0 atom stereocenters. The van der Waals surface area contributed by atoms with E-state index in [0.717, 1.165) is 25.7 Å². The lowest BCUT2D eigenvalue weighted by Crippen LogP contribution is -2.53. The van der Waals surface area contributed by atoms with Crippen LogP contribution in [0.15, 0.2) is 12.7 Å². The maximum Gasteiger partial charge on any atom is 0.309 e. The SMILES string of the molecule is C=CCCCCCCCCCCCCCCCC[N+](CCC(=O)[O-])(CCC(=O)O)CCC(=O)O. The molecule has 0 aliphatic carbocycles. The van der Waals surface area contributed by atoms with Gasteiger partial charge in [-0.1, -0.05) is 76.7 Å². The summed E-state index contributed by atoms with van der Waals surface area (Å²) in [5, 5.41) is 29.2. The highest BCUT2D eigenvalue weighted by Gasteiger charge is 2.28. The van der Waals surface area contributed by atoms with Crippen LogP contribution in [0.3, 0.4) is 0 Å². The summed E-state index contributed by atoms with van der Waals surface area (Å²) in [6.45, 7) is 5.10. The van der Waals surface area contributed by atoms with Gasteiger partial charge in [-0.05, 0) is 25.7 Å². The molecule has 0 heterocycles. The second-order valence-electron chi connectivity index (χ2n) is 9.67. The van der Waals surface area contributed by atoms with Gasteiger partial charge in [0.1, 0.15) is 0 Å². The number of nitrogens with zero attached hydrogens (tertiary/aromatic N) is 1. The number of carboxylic acids is 3. The number of quaternary nitrogens is 1. The molecule has 0 fully saturated rings. The lowest BCUT2D eigenvalue weighted by atomic mass is 10.0. The van der Waals surface area contributed by atoms with Crippen LogP contribution < -0.4 is 5.11 Å². The van der Waals surface area contributed by atoms with E-state index in [1.54, 1.807) is 0 Å². The van der Waals surface area contributed by atoms with E-state index in [9.17, 15) is 19.5 Å². The maximum absolute atomic E-state index is 11.1. The number of rotatable bonds is 26. The molecule has 0 rings (SSSR count). The minimum atomic E-state index is -1.18. The Morgan fingerprint density at radius 1 is 0.588 bits per heavy atom. The Morgan fingerprint density at radius 2 is 0.941 bits per heavy atom. The Kier molecular flexibility index (Phi) is 20.4. The van der Waals surface area contributed by atoms with Gasteiger partial charge in [-0.2, -0.15) is 0 Å². The Hall–Kier alpha value is -1.89. The molecule has 0 aromatic carbocycles. The van der Waals surface area contributed by atoms with E-state index in [0.29, 0.717) is 6.54 Å². The molecular weight excluding hydrogens is 434 g/mol. The summed E-state index contributed by atoms with van der Waals surface area (Å²) in [7, 11) is 0. The van der Waals surface area contributed by atoms with Crippen molar-refractivity contribution in [1.82, 2.24) is 0 Å². The molecule has 0 unspecified atom stereocenters. The fourth-order valence-electron chi connectivity index (χ4n) is 4.52. The second-order valence-corrected chi connectivity index (χ2v) is 9.67. The number of allylic oxidation sites excluding steroid dienone is 1. The third-order valence-corrected chi connectivity index (χ3v) is 6.68. The first kappa shape index (κ1) is 32.1. The van der Waals surface area contributed by atoms with Gasteiger partial charge in [0.05, 0.1) is 39.0 Å². The van der Waals surface area contributed by atoms with Crippen molar-refractivity contribution in [2.75, 3.05) is 26.2 Å². The number of unbranched alkanes of at least 4 members (excludes halogenated alkanes) is 14. The van der Waals surface area contributed by atoms with Crippen LogP contribution >= 0.6 is 0 Å². The molecule has 0 aromatic heterocycles. The van der Waals surface area contributed by atoms with E-state index < -0.39 is 17.9 Å². The number of aliphatic carboxylic acids is 3. The highest BCUT2D eigenvalue weighted by Crippen LogP contribution is 2.17. The van der Waals surface area contributed by atoms with Gasteiger partial charge in [-0.15, -0.1) is 6.58 Å². The van der Waals surface area contributed by atoms with Crippen molar-refractivity contribution in [3.8, 4) is 0 Å². The molecule has 0 aliphatic rings. The van der Waals surface area contributed by atoms with Gasteiger partial charge in [0.2, 0.25) is 0 Å². The van der Waals surface area contributed by atoms with Gasteiger partial charge in [0, 0.05) is 12.4 Å². The first-order valence-electron chi connectivity index (χ1n) is 13.4. The van der Waals surface area contributed by atoms with E-state index in [4.69, 9.17) is 10.2 Å². The molecule has 198 valence electrons. The normalized spacial score (nSPS) is 11.4. The smallest absolute Gasteiger partial charge is 0.309 e. The molecule has 34 heavy (non-hydrogen) atoms. The van der Waals surface area contributed by atoms with Gasteiger partial charge in [0.25, 0.3) is 0 Å². The molecule has 2 N–H and O–H groups in total. The first-order valence-corrected chi connectivity index (χ1v) is 13.4.